The van der Waals surface area contributed by atoms with E-state index in [4.69, 9.17) is 10.7 Å². The number of hydrogen-bond donors (Lipinski definition) is 0. The Kier molecular flexibility index (Phi) is 3.38. The van der Waals surface area contributed by atoms with E-state index in [-0.39, 0.29) is 13.8 Å². The Labute approximate surface area is 95.8 Å². The second-order valence-corrected chi connectivity index (χ2v) is 6.38. The Morgan fingerprint density at radius 1 is 1.23 bits per heavy atom. The maximum atomic E-state index is 12.9. The van der Waals surface area contributed by atoms with Crippen LogP contribution in [0, 0.1) is 5.82 Å². The van der Waals surface area contributed by atoms with Crippen LogP contribution in [0.5, 0.6) is 0 Å². The van der Waals surface area contributed by atoms with Crippen molar-refractivity contribution in [2.24, 2.45) is 0 Å². The standard InChI is InChI=1S/C6H2Br2ClFO2S/c7-3-1-4(8)6(2-5(3)10)13(9,11)12/h1-2H. The zero-order chi connectivity index (χ0) is 10.2. The first kappa shape index (κ1) is 11.4. The molecule has 0 atom stereocenters. The molecule has 2 nitrogen and oxygen atoms in total. The van der Waals surface area contributed by atoms with Crippen molar-refractivity contribution in [3.8, 4) is 0 Å². The van der Waals surface area contributed by atoms with Crippen molar-refractivity contribution in [3.63, 3.8) is 0 Å². The van der Waals surface area contributed by atoms with E-state index in [0.29, 0.717) is 0 Å². The van der Waals surface area contributed by atoms with E-state index < -0.39 is 14.9 Å². The largest absolute Gasteiger partial charge is 0.262 e. The van der Waals surface area contributed by atoms with Crippen LogP contribution in [0.25, 0.3) is 0 Å². The minimum Gasteiger partial charge on any atom is -0.207 e. The van der Waals surface area contributed by atoms with Gasteiger partial charge in [-0.3, -0.25) is 0 Å². The van der Waals surface area contributed by atoms with Crippen LogP contribution in [-0.4, -0.2) is 8.42 Å². The van der Waals surface area contributed by atoms with E-state index in [1.165, 1.54) is 6.07 Å². The summed E-state index contributed by atoms with van der Waals surface area (Å²) in [6.45, 7) is 0. The van der Waals surface area contributed by atoms with Gasteiger partial charge in [0, 0.05) is 15.2 Å². The highest BCUT2D eigenvalue weighted by atomic mass is 79.9. The second-order valence-electron chi connectivity index (χ2n) is 2.13. The summed E-state index contributed by atoms with van der Waals surface area (Å²) < 4.78 is 35.0. The van der Waals surface area contributed by atoms with Crippen molar-refractivity contribution in [2.75, 3.05) is 0 Å². The molecule has 0 radical (unpaired) electrons. The Morgan fingerprint density at radius 2 is 1.77 bits per heavy atom. The van der Waals surface area contributed by atoms with E-state index in [1.807, 2.05) is 0 Å². The molecule has 0 aliphatic carbocycles. The quantitative estimate of drug-likeness (QED) is 0.574. The molecule has 0 heterocycles. The fraction of sp³-hybridized carbons (Fsp3) is 0. The van der Waals surface area contributed by atoms with Gasteiger partial charge in [-0.15, -0.1) is 0 Å². The van der Waals surface area contributed by atoms with Gasteiger partial charge in [0.15, 0.2) is 0 Å². The molecule has 0 bridgehead atoms. The van der Waals surface area contributed by atoms with Crippen LogP contribution in [0.1, 0.15) is 0 Å². The van der Waals surface area contributed by atoms with Gasteiger partial charge in [-0.05, 0) is 44.0 Å². The monoisotopic (exact) mass is 350 g/mol. The SMILES string of the molecule is O=S(=O)(Cl)c1cc(F)c(Br)cc1Br. The lowest BCUT2D eigenvalue weighted by Gasteiger charge is -2.01. The number of rotatable bonds is 1. The first-order chi connectivity index (χ1) is 5.82. The van der Waals surface area contributed by atoms with Gasteiger partial charge < -0.3 is 0 Å². The highest BCUT2D eigenvalue weighted by molar-refractivity contribution is 9.11. The van der Waals surface area contributed by atoms with Crippen molar-refractivity contribution in [1.29, 1.82) is 0 Å². The molecule has 7 heteroatoms. The van der Waals surface area contributed by atoms with E-state index in [0.717, 1.165) is 6.07 Å². The molecule has 72 valence electrons. The Morgan fingerprint density at radius 3 is 2.23 bits per heavy atom. The van der Waals surface area contributed by atoms with Crippen molar-refractivity contribution in [2.45, 2.75) is 4.90 Å². The highest BCUT2D eigenvalue weighted by Gasteiger charge is 2.16. The molecule has 1 aromatic rings. The molecule has 0 aromatic heterocycles. The van der Waals surface area contributed by atoms with E-state index in [9.17, 15) is 12.8 Å². The summed E-state index contributed by atoms with van der Waals surface area (Å²) in [5, 5.41) is 0. The zero-order valence-corrected chi connectivity index (χ0v) is 10.6. The molecule has 0 saturated carbocycles. The molecular weight excluding hydrogens is 350 g/mol. The van der Waals surface area contributed by atoms with Crippen molar-refractivity contribution < 1.29 is 12.8 Å². The minimum atomic E-state index is -3.91. The van der Waals surface area contributed by atoms with E-state index >= 15 is 0 Å². The zero-order valence-electron chi connectivity index (χ0n) is 5.89. The molecule has 0 amide bonds. The summed E-state index contributed by atoms with van der Waals surface area (Å²) >= 11 is 5.86. The van der Waals surface area contributed by atoms with Gasteiger partial charge in [-0.2, -0.15) is 0 Å². The van der Waals surface area contributed by atoms with Gasteiger partial charge in [-0.25, -0.2) is 12.8 Å². The molecule has 0 unspecified atom stereocenters. The summed E-state index contributed by atoms with van der Waals surface area (Å²) in [4.78, 5) is -0.283. The minimum absolute atomic E-state index is 0.170. The van der Waals surface area contributed by atoms with E-state index in [1.54, 1.807) is 0 Å². The van der Waals surface area contributed by atoms with Gasteiger partial charge in [-0.1, -0.05) is 0 Å². The maximum Gasteiger partial charge on any atom is 0.262 e. The summed E-state index contributed by atoms with van der Waals surface area (Å²) in [7, 11) is 1.14. The fourth-order valence-electron chi connectivity index (χ4n) is 0.691. The maximum absolute atomic E-state index is 12.9. The summed E-state index contributed by atoms with van der Waals surface area (Å²) in [6.07, 6.45) is 0. The van der Waals surface area contributed by atoms with Crippen molar-refractivity contribution in [1.82, 2.24) is 0 Å². The lowest BCUT2D eigenvalue weighted by atomic mass is 10.3. The molecule has 0 spiro atoms. The second kappa shape index (κ2) is 3.84. The van der Waals surface area contributed by atoms with Gasteiger partial charge in [0.1, 0.15) is 5.82 Å². The number of halogens is 4. The van der Waals surface area contributed by atoms with Crippen LogP contribution in [-0.2, 0) is 9.05 Å². The van der Waals surface area contributed by atoms with Crippen LogP contribution in [0.4, 0.5) is 4.39 Å². The lowest BCUT2D eigenvalue weighted by molar-refractivity contribution is 0.599. The van der Waals surface area contributed by atoms with Crippen LogP contribution < -0.4 is 0 Å². The first-order valence-corrected chi connectivity index (χ1v) is 6.81. The Bertz CT molecular complexity index is 446. The van der Waals surface area contributed by atoms with Gasteiger partial charge in [0.2, 0.25) is 0 Å². The molecule has 0 saturated heterocycles. The Balaban J connectivity index is 3.50. The molecule has 0 fully saturated rings. The summed E-state index contributed by atoms with van der Waals surface area (Å²) in [5.41, 5.74) is 0. The Hall–Kier alpha value is 0.350. The third-order valence-electron chi connectivity index (χ3n) is 1.24. The average molecular weight is 352 g/mol. The average Bonchev–Trinajstić information content (AvgIpc) is 1.94. The third-order valence-corrected chi connectivity index (χ3v) is 4.13. The number of benzene rings is 1. The van der Waals surface area contributed by atoms with Gasteiger partial charge >= 0.3 is 0 Å². The molecule has 1 rings (SSSR count). The van der Waals surface area contributed by atoms with E-state index in [2.05, 4.69) is 31.9 Å². The normalized spacial score (nSPS) is 11.7. The number of hydrogen-bond acceptors (Lipinski definition) is 2. The first-order valence-electron chi connectivity index (χ1n) is 2.91. The summed E-state index contributed by atoms with van der Waals surface area (Å²) in [5.74, 6) is -0.678. The smallest absolute Gasteiger partial charge is 0.207 e. The lowest BCUT2D eigenvalue weighted by Crippen LogP contribution is -1.94. The van der Waals surface area contributed by atoms with Crippen LogP contribution in [0.2, 0.25) is 0 Å². The van der Waals surface area contributed by atoms with Crippen LogP contribution in [0.15, 0.2) is 26.0 Å². The highest BCUT2D eigenvalue weighted by Crippen LogP contribution is 2.30. The molecular formula is C6H2Br2ClFO2S. The third kappa shape index (κ3) is 2.65. The molecule has 0 aliphatic heterocycles. The van der Waals surface area contributed by atoms with Crippen molar-refractivity contribution >= 4 is 51.6 Å². The summed E-state index contributed by atoms with van der Waals surface area (Å²) in [6, 6.07) is 2.13. The van der Waals surface area contributed by atoms with Crippen LogP contribution >= 0.6 is 42.5 Å². The molecule has 0 aliphatic rings. The van der Waals surface area contributed by atoms with Gasteiger partial charge in [0.25, 0.3) is 9.05 Å². The molecule has 13 heavy (non-hydrogen) atoms. The van der Waals surface area contributed by atoms with Crippen molar-refractivity contribution in [3.05, 3.63) is 26.9 Å². The van der Waals surface area contributed by atoms with Crippen LogP contribution in [0.3, 0.4) is 0 Å². The molecule has 1 aromatic carbocycles. The molecule has 0 N–H and O–H groups in total. The topological polar surface area (TPSA) is 34.1 Å². The van der Waals surface area contributed by atoms with Gasteiger partial charge in [0.05, 0.1) is 9.37 Å². The predicted molar refractivity (Wildman–Crippen MR) is 54.8 cm³/mol. The predicted octanol–water partition coefficient (Wildman–Crippen LogP) is 3.28. The fourth-order valence-corrected chi connectivity index (χ4v) is 3.52.